The van der Waals surface area contributed by atoms with Crippen molar-refractivity contribution in [2.24, 2.45) is 0 Å². The number of hydrogen-bond acceptors (Lipinski definition) is 2. The molecule has 1 aliphatic heterocycles. The first-order chi connectivity index (χ1) is 10.1. The van der Waals surface area contributed by atoms with Gasteiger partial charge in [0.15, 0.2) is 0 Å². The van der Waals surface area contributed by atoms with Crippen molar-refractivity contribution < 1.29 is 19.1 Å². The van der Waals surface area contributed by atoms with E-state index in [9.17, 15) is 14.0 Å². The maximum Gasteiger partial charge on any atom is 0.303 e. The van der Waals surface area contributed by atoms with E-state index in [1.165, 1.54) is 12.1 Å². The second-order valence-electron chi connectivity index (χ2n) is 5.48. The van der Waals surface area contributed by atoms with Crippen LogP contribution in [0.2, 0.25) is 0 Å². The second-order valence-corrected chi connectivity index (χ2v) is 5.48. The van der Waals surface area contributed by atoms with E-state index in [1.54, 1.807) is 17.0 Å². The minimum Gasteiger partial charge on any atom is -0.481 e. The molecule has 0 saturated carbocycles. The van der Waals surface area contributed by atoms with Gasteiger partial charge in [0.05, 0.1) is 6.42 Å². The number of halogens is 1. The van der Waals surface area contributed by atoms with Crippen molar-refractivity contribution in [3.05, 3.63) is 35.6 Å². The number of aliphatic carboxylic acids is 1. The van der Waals surface area contributed by atoms with E-state index < -0.39 is 5.97 Å². The zero-order valence-electron chi connectivity index (χ0n) is 11.9. The van der Waals surface area contributed by atoms with Crippen molar-refractivity contribution in [2.75, 3.05) is 6.54 Å². The Morgan fingerprint density at radius 1 is 1.33 bits per heavy atom. The first-order valence-corrected chi connectivity index (χ1v) is 7.32. The first-order valence-electron chi connectivity index (χ1n) is 7.32. The highest BCUT2D eigenvalue weighted by atomic mass is 19.1. The van der Waals surface area contributed by atoms with Gasteiger partial charge < -0.3 is 10.0 Å². The lowest BCUT2D eigenvalue weighted by molar-refractivity contribution is -0.139. The van der Waals surface area contributed by atoms with Gasteiger partial charge in [0, 0.05) is 19.0 Å². The molecule has 0 aromatic heterocycles. The Kier molecular flexibility index (Phi) is 5.31. The Bertz CT molecular complexity index is 518. The van der Waals surface area contributed by atoms with Gasteiger partial charge in [-0.25, -0.2) is 4.39 Å². The topological polar surface area (TPSA) is 57.6 Å². The van der Waals surface area contributed by atoms with Crippen LogP contribution < -0.4 is 0 Å². The summed E-state index contributed by atoms with van der Waals surface area (Å²) in [7, 11) is 0. The summed E-state index contributed by atoms with van der Waals surface area (Å²) in [6.07, 6.45) is 3.55. The quantitative estimate of drug-likeness (QED) is 0.908. The SMILES string of the molecule is O=C(O)CCC1CCCCN1C(=O)Cc1cccc(F)c1. The van der Waals surface area contributed by atoms with Gasteiger partial charge in [-0.15, -0.1) is 0 Å². The van der Waals surface area contributed by atoms with Gasteiger partial charge >= 0.3 is 5.97 Å². The largest absolute Gasteiger partial charge is 0.481 e. The van der Waals surface area contributed by atoms with Gasteiger partial charge in [-0.05, 0) is 43.4 Å². The molecule has 1 amide bonds. The minimum absolute atomic E-state index is 0.00379. The highest BCUT2D eigenvalue weighted by Gasteiger charge is 2.26. The van der Waals surface area contributed by atoms with E-state index in [2.05, 4.69) is 0 Å². The monoisotopic (exact) mass is 293 g/mol. The molecule has 4 nitrogen and oxygen atoms in total. The molecular weight excluding hydrogens is 273 g/mol. The number of carbonyl (C=O) groups excluding carboxylic acids is 1. The van der Waals surface area contributed by atoms with Crippen LogP contribution in [0.4, 0.5) is 4.39 Å². The molecule has 21 heavy (non-hydrogen) atoms. The van der Waals surface area contributed by atoms with E-state index in [4.69, 9.17) is 5.11 Å². The fraction of sp³-hybridized carbons (Fsp3) is 0.500. The number of carboxylic acid groups (broad SMARTS) is 1. The third-order valence-electron chi connectivity index (χ3n) is 3.88. The molecule has 1 unspecified atom stereocenters. The molecule has 1 atom stereocenters. The lowest BCUT2D eigenvalue weighted by Crippen LogP contribution is -2.44. The normalized spacial score (nSPS) is 18.5. The van der Waals surface area contributed by atoms with Gasteiger partial charge in [0.1, 0.15) is 5.82 Å². The molecular formula is C16H20FNO3. The Morgan fingerprint density at radius 3 is 2.86 bits per heavy atom. The van der Waals surface area contributed by atoms with E-state index >= 15 is 0 Å². The van der Waals surface area contributed by atoms with E-state index in [0.29, 0.717) is 18.5 Å². The molecule has 0 radical (unpaired) electrons. The van der Waals surface area contributed by atoms with Crippen molar-refractivity contribution in [3.8, 4) is 0 Å². The third kappa shape index (κ3) is 4.55. The summed E-state index contributed by atoms with van der Waals surface area (Å²) in [5.74, 6) is -1.23. The highest BCUT2D eigenvalue weighted by Crippen LogP contribution is 2.22. The molecule has 5 heteroatoms. The van der Waals surface area contributed by atoms with Crippen LogP contribution in [0, 0.1) is 5.82 Å². The smallest absolute Gasteiger partial charge is 0.303 e. The van der Waals surface area contributed by atoms with Crippen LogP contribution in [0.15, 0.2) is 24.3 Å². The van der Waals surface area contributed by atoms with Gasteiger partial charge in [0.2, 0.25) is 5.91 Å². The summed E-state index contributed by atoms with van der Waals surface area (Å²) >= 11 is 0. The van der Waals surface area contributed by atoms with Crippen molar-refractivity contribution in [3.63, 3.8) is 0 Å². The standard InChI is InChI=1S/C16H20FNO3/c17-13-5-3-4-12(10-13)11-15(19)18-9-2-1-6-14(18)7-8-16(20)21/h3-5,10,14H,1-2,6-9,11H2,(H,20,21). The van der Waals surface area contributed by atoms with Crippen LogP contribution in [0.5, 0.6) is 0 Å². The summed E-state index contributed by atoms with van der Waals surface area (Å²) in [6, 6.07) is 6.04. The van der Waals surface area contributed by atoms with Crippen LogP contribution in [0.1, 0.15) is 37.7 Å². The molecule has 114 valence electrons. The molecule has 0 bridgehead atoms. The second kappa shape index (κ2) is 7.20. The number of likely N-dealkylation sites (tertiary alicyclic amines) is 1. The third-order valence-corrected chi connectivity index (χ3v) is 3.88. The molecule has 0 aliphatic carbocycles. The zero-order chi connectivity index (χ0) is 15.2. The van der Waals surface area contributed by atoms with Crippen molar-refractivity contribution >= 4 is 11.9 Å². The number of carbonyl (C=O) groups is 2. The number of nitrogens with zero attached hydrogens (tertiary/aromatic N) is 1. The van der Waals surface area contributed by atoms with E-state index in [0.717, 1.165) is 19.3 Å². The number of piperidine rings is 1. The number of rotatable bonds is 5. The van der Waals surface area contributed by atoms with E-state index in [-0.39, 0.29) is 30.6 Å². The van der Waals surface area contributed by atoms with Gasteiger partial charge in [0.25, 0.3) is 0 Å². The summed E-state index contributed by atoms with van der Waals surface area (Å²) < 4.78 is 13.2. The molecule has 1 aromatic rings. The lowest BCUT2D eigenvalue weighted by Gasteiger charge is -2.35. The maximum absolute atomic E-state index is 13.2. The van der Waals surface area contributed by atoms with Crippen LogP contribution in [0.25, 0.3) is 0 Å². The van der Waals surface area contributed by atoms with Crippen LogP contribution in [-0.4, -0.2) is 34.5 Å². The predicted octanol–water partition coefficient (Wildman–Crippen LogP) is 2.61. The fourth-order valence-corrected chi connectivity index (χ4v) is 2.84. The zero-order valence-corrected chi connectivity index (χ0v) is 11.9. The average molecular weight is 293 g/mol. The molecule has 0 spiro atoms. The van der Waals surface area contributed by atoms with E-state index in [1.807, 2.05) is 0 Å². The lowest BCUT2D eigenvalue weighted by atomic mass is 9.97. The summed E-state index contributed by atoms with van der Waals surface area (Å²) in [6.45, 7) is 0.665. The fourth-order valence-electron chi connectivity index (χ4n) is 2.84. The Hall–Kier alpha value is -1.91. The average Bonchev–Trinajstić information content (AvgIpc) is 2.45. The maximum atomic E-state index is 13.2. The Balaban J connectivity index is 1.99. The van der Waals surface area contributed by atoms with Crippen molar-refractivity contribution in [2.45, 2.75) is 44.6 Å². The minimum atomic E-state index is -0.835. The molecule has 1 aromatic carbocycles. The number of amides is 1. The molecule has 1 N–H and O–H groups in total. The van der Waals surface area contributed by atoms with Crippen LogP contribution in [0.3, 0.4) is 0 Å². The van der Waals surface area contributed by atoms with Crippen molar-refractivity contribution in [1.29, 1.82) is 0 Å². The molecule has 2 rings (SSSR count). The Morgan fingerprint density at radius 2 is 2.14 bits per heavy atom. The number of benzene rings is 1. The first kappa shape index (κ1) is 15.5. The van der Waals surface area contributed by atoms with Gasteiger partial charge in [-0.3, -0.25) is 9.59 Å². The van der Waals surface area contributed by atoms with Crippen molar-refractivity contribution in [1.82, 2.24) is 4.90 Å². The highest BCUT2D eigenvalue weighted by molar-refractivity contribution is 5.79. The summed E-state index contributed by atoms with van der Waals surface area (Å²) in [5, 5.41) is 8.79. The summed E-state index contributed by atoms with van der Waals surface area (Å²) in [4.78, 5) is 24.9. The van der Waals surface area contributed by atoms with Crippen LogP contribution >= 0.6 is 0 Å². The molecule has 1 fully saturated rings. The molecule has 1 heterocycles. The predicted molar refractivity (Wildman–Crippen MR) is 76.3 cm³/mol. The Labute approximate surface area is 123 Å². The molecule has 1 aliphatic rings. The number of carboxylic acids is 1. The summed E-state index contributed by atoms with van der Waals surface area (Å²) in [5.41, 5.74) is 0.655. The number of hydrogen-bond donors (Lipinski definition) is 1. The van der Waals surface area contributed by atoms with Gasteiger partial charge in [-0.1, -0.05) is 12.1 Å². The van der Waals surface area contributed by atoms with Crippen LogP contribution in [-0.2, 0) is 16.0 Å². The van der Waals surface area contributed by atoms with Gasteiger partial charge in [-0.2, -0.15) is 0 Å². The molecule has 1 saturated heterocycles.